The molecule has 1 aliphatic heterocycles. The first-order valence-corrected chi connectivity index (χ1v) is 7.21. The molecule has 0 atom stereocenters. The van der Waals surface area contributed by atoms with Gasteiger partial charge in [-0.05, 0) is 30.7 Å². The van der Waals surface area contributed by atoms with Crippen molar-refractivity contribution in [2.75, 3.05) is 0 Å². The molecule has 0 aliphatic carbocycles. The van der Waals surface area contributed by atoms with Gasteiger partial charge in [-0.25, -0.2) is 0 Å². The highest BCUT2D eigenvalue weighted by Gasteiger charge is 2.16. The van der Waals surface area contributed by atoms with Crippen molar-refractivity contribution in [1.82, 2.24) is 4.57 Å². The lowest BCUT2D eigenvalue weighted by atomic mass is 10.1. The third-order valence-electron chi connectivity index (χ3n) is 3.95. The van der Waals surface area contributed by atoms with Crippen molar-refractivity contribution in [3.8, 4) is 0 Å². The summed E-state index contributed by atoms with van der Waals surface area (Å²) >= 11 is 0. The predicted molar refractivity (Wildman–Crippen MR) is 88.6 cm³/mol. The van der Waals surface area contributed by atoms with Gasteiger partial charge in [0.05, 0.1) is 23.6 Å². The summed E-state index contributed by atoms with van der Waals surface area (Å²) in [6.07, 6.45) is 2.17. The average molecular weight is 272 g/mol. The fourth-order valence-electron chi connectivity index (χ4n) is 2.97. The van der Waals surface area contributed by atoms with Crippen molar-refractivity contribution in [3.63, 3.8) is 0 Å². The quantitative estimate of drug-likeness (QED) is 0.620. The van der Waals surface area contributed by atoms with E-state index in [-0.39, 0.29) is 0 Å². The number of aromatic nitrogens is 1. The number of nitrogens with zero attached hydrogens (tertiary/aromatic N) is 2. The van der Waals surface area contributed by atoms with Crippen LogP contribution in [0.4, 0.5) is 0 Å². The van der Waals surface area contributed by atoms with Crippen molar-refractivity contribution < 1.29 is 0 Å². The van der Waals surface area contributed by atoms with Gasteiger partial charge in [-0.2, -0.15) is 0 Å². The Morgan fingerprint density at radius 3 is 2.62 bits per heavy atom. The lowest BCUT2D eigenvalue weighted by molar-refractivity contribution is 0.788. The summed E-state index contributed by atoms with van der Waals surface area (Å²) < 4.78 is 2.35. The van der Waals surface area contributed by atoms with Crippen molar-refractivity contribution in [3.05, 3.63) is 77.6 Å². The zero-order valence-corrected chi connectivity index (χ0v) is 12.0. The number of hydrogen-bond acceptors (Lipinski definition) is 1. The maximum atomic E-state index is 4.77. The number of allylic oxidation sites excluding steroid dienone is 1. The van der Waals surface area contributed by atoms with E-state index in [1.165, 1.54) is 22.2 Å². The smallest absolute Gasteiger partial charge is 0.0655 e. The van der Waals surface area contributed by atoms with Crippen LogP contribution in [0.1, 0.15) is 18.2 Å². The van der Waals surface area contributed by atoms with Crippen LogP contribution in [0.2, 0.25) is 0 Å². The summed E-state index contributed by atoms with van der Waals surface area (Å²) in [5.41, 5.74) is 5.89. The number of para-hydroxylation sites is 1. The minimum absolute atomic E-state index is 0.828. The van der Waals surface area contributed by atoms with Gasteiger partial charge in [0.25, 0.3) is 0 Å². The van der Waals surface area contributed by atoms with Crippen LogP contribution in [0.15, 0.2) is 71.4 Å². The third-order valence-corrected chi connectivity index (χ3v) is 3.95. The topological polar surface area (TPSA) is 17.3 Å². The Morgan fingerprint density at radius 1 is 1.00 bits per heavy atom. The van der Waals surface area contributed by atoms with Gasteiger partial charge in [-0.3, -0.25) is 4.99 Å². The van der Waals surface area contributed by atoms with E-state index in [0.29, 0.717) is 0 Å². The first kappa shape index (κ1) is 12.2. The monoisotopic (exact) mass is 272 g/mol. The van der Waals surface area contributed by atoms with Crippen LogP contribution in [-0.2, 0) is 6.54 Å². The molecule has 2 aromatic carbocycles. The Labute approximate surface area is 124 Å². The summed E-state index contributed by atoms with van der Waals surface area (Å²) in [5, 5.41) is 1.28. The van der Waals surface area contributed by atoms with Gasteiger partial charge in [0.1, 0.15) is 0 Å². The summed E-state index contributed by atoms with van der Waals surface area (Å²) in [6.45, 7) is 2.91. The van der Waals surface area contributed by atoms with E-state index >= 15 is 0 Å². The zero-order valence-electron chi connectivity index (χ0n) is 12.0. The Balaban J connectivity index is 1.83. The molecule has 0 spiro atoms. The van der Waals surface area contributed by atoms with E-state index in [1.54, 1.807) is 0 Å². The largest absolute Gasteiger partial charge is 0.333 e. The molecule has 0 N–H and O–H groups in total. The number of benzene rings is 2. The van der Waals surface area contributed by atoms with Gasteiger partial charge in [0.2, 0.25) is 0 Å². The highest BCUT2D eigenvalue weighted by molar-refractivity contribution is 6.03. The lowest BCUT2D eigenvalue weighted by Crippen LogP contribution is -2.14. The fraction of sp³-hybridized carbons (Fsp3) is 0.105. The summed E-state index contributed by atoms with van der Waals surface area (Å²) in [6, 6.07) is 21.1. The highest BCUT2D eigenvalue weighted by atomic mass is 15.1. The molecular weight excluding hydrogens is 256 g/mol. The van der Waals surface area contributed by atoms with Crippen LogP contribution in [0, 0.1) is 0 Å². The third kappa shape index (κ3) is 2.09. The van der Waals surface area contributed by atoms with Crippen molar-refractivity contribution in [2.45, 2.75) is 13.5 Å². The van der Waals surface area contributed by atoms with Crippen molar-refractivity contribution >= 4 is 22.7 Å². The molecule has 21 heavy (non-hydrogen) atoms. The summed E-state index contributed by atoms with van der Waals surface area (Å²) in [5.74, 6) is 0. The summed E-state index contributed by atoms with van der Waals surface area (Å²) in [4.78, 5) is 4.77. The van der Waals surface area contributed by atoms with Gasteiger partial charge in [-0.15, -0.1) is 0 Å². The molecule has 2 heterocycles. The number of hydrogen-bond donors (Lipinski definition) is 0. The molecular formula is C19H16N2. The number of fused-ring (bicyclic) bond motifs is 3. The van der Waals surface area contributed by atoms with Crippen LogP contribution < -0.4 is 0 Å². The van der Waals surface area contributed by atoms with Crippen LogP contribution in [-0.4, -0.2) is 10.3 Å². The maximum Gasteiger partial charge on any atom is 0.0655 e. The highest BCUT2D eigenvalue weighted by Crippen LogP contribution is 2.26. The van der Waals surface area contributed by atoms with Crippen molar-refractivity contribution in [1.29, 1.82) is 0 Å². The first-order valence-electron chi connectivity index (χ1n) is 7.21. The molecule has 0 fully saturated rings. The minimum atomic E-state index is 0.828. The molecule has 0 bridgehead atoms. The molecule has 4 rings (SSSR count). The second kappa shape index (κ2) is 4.74. The molecule has 3 aromatic rings. The lowest BCUT2D eigenvalue weighted by Gasteiger charge is -2.17. The van der Waals surface area contributed by atoms with E-state index < -0.39 is 0 Å². The van der Waals surface area contributed by atoms with Crippen LogP contribution in [0.5, 0.6) is 0 Å². The van der Waals surface area contributed by atoms with Gasteiger partial charge < -0.3 is 4.57 Å². The molecule has 1 aromatic heterocycles. The standard InChI is InChI=1S/C19H16N2/c1-14-19-12-16-9-5-6-10-18(16)21(19)13-17(20-14)11-15-7-3-2-4-8-15/h2-12H,13H2,1H3/b17-11-. The first-order chi connectivity index (χ1) is 10.3. The van der Waals surface area contributed by atoms with Gasteiger partial charge in [0.15, 0.2) is 0 Å². The summed E-state index contributed by atoms with van der Waals surface area (Å²) in [7, 11) is 0. The molecule has 0 saturated carbocycles. The second-order valence-corrected chi connectivity index (χ2v) is 5.42. The Bertz CT molecular complexity index is 867. The molecule has 0 unspecified atom stereocenters. The average Bonchev–Trinajstić information content (AvgIpc) is 2.88. The van der Waals surface area contributed by atoms with E-state index in [4.69, 9.17) is 4.99 Å². The van der Waals surface area contributed by atoms with E-state index in [1.807, 2.05) is 6.07 Å². The minimum Gasteiger partial charge on any atom is -0.333 e. The van der Waals surface area contributed by atoms with Gasteiger partial charge in [0, 0.05) is 10.9 Å². The number of aliphatic imine (C=N–C) groups is 1. The van der Waals surface area contributed by atoms with Crippen LogP contribution in [0.25, 0.3) is 17.0 Å². The molecule has 1 aliphatic rings. The number of rotatable bonds is 1. The molecule has 0 amide bonds. The van der Waals surface area contributed by atoms with Crippen LogP contribution in [0.3, 0.4) is 0 Å². The Hall–Kier alpha value is -2.61. The van der Waals surface area contributed by atoms with E-state index in [0.717, 1.165) is 18.0 Å². The molecule has 0 radical (unpaired) electrons. The van der Waals surface area contributed by atoms with Crippen molar-refractivity contribution in [2.24, 2.45) is 4.99 Å². The van der Waals surface area contributed by atoms with Crippen LogP contribution >= 0.6 is 0 Å². The van der Waals surface area contributed by atoms with Gasteiger partial charge >= 0.3 is 0 Å². The van der Waals surface area contributed by atoms with E-state index in [9.17, 15) is 0 Å². The van der Waals surface area contributed by atoms with E-state index in [2.05, 4.69) is 72.2 Å². The fourth-order valence-corrected chi connectivity index (χ4v) is 2.97. The predicted octanol–water partition coefficient (Wildman–Crippen LogP) is 4.51. The van der Waals surface area contributed by atoms with Gasteiger partial charge in [-0.1, -0.05) is 48.5 Å². The zero-order chi connectivity index (χ0) is 14.2. The normalized spacial score (nSPS) is 16.0. The second-order valence-electron chi connectivity index (χ2n) is 5.42. The Kier molecular flexibility index (Phi) is 2.74. The SMILES string of the molecule is CC1=N/C(=C\c2ccccc2)Cn2c1cc1ccccc12. The molecule has 0 saturated heterocycles. The Morgan fingerprint density at radius 2 is 1.76 bits per heavy atom. The molecule has 2 heteroatoms. The molecule has 102 valence electrons. The maximum absolute atomic E-state index is 4.77. The molecule has 2 nitrogen and oxygen atoms in total.